The number of aromatic amines is 1. The van der Waals surface area contributed by atoms with Crippen LogP contribution in [0.25, 0.3) is 0 Å². The Kier molecular flexibility index (Phi) is 2.18. The predicted octanol–water partition coefficient (Wildman–Crippen LogP) is -2.95. The van der Waals surface area contributed by atoms with Crippen molar-refractivity contribution in [2.45, 2.75) is 6.92 Å². The zero-order chi connectivity index (χ0) is 11.9. The van der Waals surface area contributed by atoms with Gasteiger partial charge in [-0.1, -0.05) is 0 Å². The van der Waals surface area contributed by atoms with Gasteiger partial charge in [-0.3, -0.25) is 24.1 Å². The van der Waals surface area contributed by atoms with Crippen LogP contribution in [-0.4, -0.2) is 27.1 Å². The van der Waals surface area contributed by atoms with E-state index in [0.29, 0.717) is 0 Å². The molecule has 0 saturated carbocycles. The number of carbonyl (C=O) groups excluding carboxylic acids is 1. The van der Waals surface area contributed by atoms with E-state index in [2.05, 4.69) is 15.1 Å². The number of H-pyrrole nitrogens is 1. The first-order chi connectivity index (χ1) is 7.50. The van der Waals surface area contributed by atoms with Crippen LogP contribution in [0.4, 0.5) is 0 Å². The maximum absolute atomic E-state index is 11.6. The zero-order valence-corrected chi connectivity index (χ0v) is 8.72. The molecule has 0 fully saturated rings. The maximum atomic E-state index is 11.6. The minimum absolute atomic E-state index is 0.0103. The fourth-order valence-electron chi connectivity index (χ4n) is 1.27. The highest BCUT2D eigenvalue weighted by atomic mass is 16.2. The van der Waals surface area contributed by atoms with Crippen LogP contribution in [0, 0.1) is 0 Å². The summed E-state index contributed by atoms with van der Waals surface area (Å²) in [4.78, 5) is 40.2. The third-order valence-corrected chi connectivity index (χ3v) is 2.21. The van der Waals surface area contributed by atoms with Crippen LogP contribution in [0.2, 0.25) is 0 Å². The van der Waals surface area contributed by atoms with Crippen molar-refractivity contribution in [3.05, 3.63) is 31.7 Å². The lowest BCUT2D eigenvalue weighted by atomic mass is 10.5. The van der Waals surface area contributed by atoms with Gasteiger partial charge in [-0.25, -0.2) is 9.80 Å². The summed E-state index contributed by atoms with van der Waals surface area (Å²) in [6, 6.07) is 0. The van der Waals surface area contributed by atoms with Crippen LogP contribution in [0.5, 0.6) is 0 Å². The largest absolute Gasteiger partial charge is 0.329 e. The van der Waals surface area contributed by atoms with Crippen LogP contribution in [-0.2, 0) is 11.8 Å². The van der Waals surface area contributed by atoms with E-state index in [1.807, 2.05) is 0 Å². The summed E-state index contributed by atoms with van der Waals surface area (Å²) >= 11 is 0. The Morgan fingerprint density at radius 3 is 2.75 bits per heavy atom. The Hall–Kier alpha value is -2.25. The summed E-state index contributed by atoms with van der Waals surface area (Å²) in [7, 11) is 1.34. The number of amides is 1. The number of rotatable bonds is 0. The average Bonchev–Trinajstić information content (AvgIpc) is 2.25. The summed E-state index contributed by atoms with van der Waals surface area (Å²) < 4.78 is 0.904. The first kappa shape index (κ1) is 10.3. The molecule has 1 aromatic rings. The molecule has 1 aliphatic heterocycles. The van der Waals surface area contributed by atoms with Crippen molar-refractivity contribution < 1.29 is 4.79 Å². The monoisotopic (exact) mass is 223 g/mol. The molecule has 0 radical (unpaired) electrons. The molecule has 8 nitrogen and oxygen atoms in total. The van der Waals surface area contributed by atoms with E-state index >= 15 is 0 Å². The molecule has 0 aromatic carbocycles. The second kappa shape index (κ2) is 3.40. The van der Waals surface area contributed by atoms with E-state index in [9.17, 15) is 14.4 Å². The van der Waals surface area contributed by atoms with Gasteiger partial charge in [-0.05, 0) is 0 Å². The molecule has 2 heterocycles. The van der Waals surface area contributed by atoms with E-state index in [1.54, 1.807) is 0 Å². The van der Waals surface area contributed by atoms with Gasteiger partial charge in [0.15, 0.2) is 10.8 Å². The Morgan fingerprint density at radius 2 is 2.12 bits per heavy atom. The highest BCUT2D eigenvalue weighted by molar-refractivity contribution is 5.72. The Morgan fingerprint density at radius 1 is 1.44 bits per heavy atom. The number of hydrogen-bond donors (Lipinski definition) is 1. The quantitative estimate of drug-likeness (QED) is 0.508. The molecule has 16 heavy (non-hydrogen) atoms. The van der Waals surface area contributed by atoms with E-state index in [4.69, 9.17) is 0 Å². The first-order valence-electron chi connectivity index (χ1n) is 4.51. The molecular formula is C8H9N5O3. The molecule has 84 valence electrons. The fraction of sp³-hybridized carbons (Fsp3) is 0.375. The lowest BCUT2D eigenvalue weighted by Gasteiger charge is -2.14. The van der Waals surface area contributed by atoms with Crippen molar-refractivity contribution >= 4 is 5.91 Å². The molecule has 1 N–H and O–H groups in total. The fourth-order valence-corrected chi connectivity index (χ4v) is 1.27. The Balaban J connectivity index is 2.82. The number of nitrogens with zero attached hydrogens (tertiary/aromatic N) is 4. The number of carbonyl (C=O) groups is 1. The van der Waals surface area contributed by atoms with Gasteiger partial charge in [-0.15, -0.1) is 5.10 Å². The smallest absolute Gasteiger partial charge is 0.288 e. The van der Waals surface area contributed by atoms with Crippen molar-refractivity contribution in [3.8, 4) is 0 Å². The summed E-state index contributed by atoms with van der Waals surface area (Å²) in [5.41, 5.74) is -1.09. The summed E-state index contributed by atoms with van der Waals surface area (Å²) in [5, 5.41) is 4.97. The highest BCUT2D eigenvalue weighted by Gasteiger charge is 2.12. The predicted molar refractivity (Wildman–Crippen MR) is 52.0 cm³/mol. The molecule has 0 spiro atoms. The molecular weight excluding hydrogens is 214 g/mol. The molecule has 1 amide bonds. The van der Waals surface area contributed by atoms with E-state index in [0.717, 1.165) is 9.58 Å². The second-order valence-corrected chi connectivity index (χ2v) is 3.31. The van der Waals surface area contributed by atoms with E-state index in [1.165, 1.54) is 14.0 Å². The van der Waals surface area contributed by atoms with Gasteiger partial charge in [0.2, 0.25) is 5.91 Å². The summed E-state index contributed by atoms with van der Waals surface area (Å²) in [5.74, 6) is -0.309. The molecule has 0 atom stereocenters. The van der Waals surface area contributed by atoms with Crippen LogP contribution in [0.15, 0.2) is 19.7 Å². The van der Waals surface area contributed by atoms with Gasteiger partial charge in [0.1, 0.15) is 6.67 Å². The van der Waals surface area contributed by atoms with Crippen molar-refractivity contribution in [3.63, 3.8) is 0 Å². The van der Waals surface area contributed by atoms with Crippen LogP contribution < -0.4 is 22.1 Å². The maximum Gasteiger partial charge on any atom is 0.329 e. The topological polar surface area (TPSA) is 99.9 Å². The van der Waals surface area contributed by atoms with Crippen molar-refractivity contribution in [2.75, 3.05) is 6.67 Å². The molecule has 8 heteroatoms. The standard InChI is InChI=1S/C8H9N5O3/c1-4(14)13-3-9-5-6(11-13)10-8(16)12(2)7(5)15/h3H2,1-2H3,(H,10,11,16). The van der Waals surface area contributed by atoms with Gasteiger partial charge >= 0.3 is 5.69 Å². The lowest BCUT2D eigenvalue weighted by Crippen LogP contribution is -2.56. The third kappa shape index (κ3) is 1.44. The van der Waals surface area contributed by atoms with Gasteiger partial charge in [-0.2, -0.15) is 0 Å². The minimum Gasteiger partial charge on any atom is -0.288 e. The molecule has 0 bridgehead atoms. The molecule has 1 aromatic heterocycles. The lowest BCUT2D eigenvalue weighted by molar-refractivity contribution is -0.129. The van der Waals surface area contributed by atoms with Crippen LogP contribution in [0.1, 0.15) is 6.92 Å². The number of hydrogen-bond acceptors (Lipinski definition) is 5. The van der Waals surface area contributed by atoms with Gasteiger partial charge in [0.05, 0.1) is 0 Å². The summed E-state index contributed by atoms with van der Waals surface area (Å²) in [6.45, 7) is 1.31. The minimum atomic E-state index is -0.590. The zero-order valence-electron chi connectivity index (χ0n) is 8.72. The Labute approximate surface area is 88.5 Å². The molecule has 1 aliphatic rings. The molecule has 0 saturated heterocycles. The van der Waals surface area contributed by atoms with Crippen molar-refractivity contribution in [2.24, 2.45) is 17.1 Å². The molecule has 0 unspecified atom stereocenters. The Bertz CT molecular complexity index is 683. The number of fused-ring (bicyclic) bond motifs is 1. The van der Waals surface area contributed by atoms with Crippen molar-refractivity contribution in [1.29, 1.82) is 0 Å². The first-order valence-corrected chi connectivity index (χ1v) is 4.51. The van der Waals surface area contributed by atoms with E-state index in [-0.39, 0.29) is 23.4 Å². The second-order valence-electron chi connectivity index (χ2n) is 3.31. The van der Waals surface area contributed by atoms with Gasteiger partial charge in [0.25, 0.3) is 5.56 Å². The van der Waals surface area contributed by atoms with Gasteiger partial charge in [0, 0.05) is 14.0 Å². The number of aromatic nitrogens is 2. The third-order valence-electron chi connectivity index (χ3n) is 2.21. The van der Waals surface area contributed by atoms with Crippen LogP contribution >= 0.6 is 0 Å². The van der Waals surface area contributed by atoms with Crippen molar-refractivity contribution in [1.82, 2.24) is 14.6 Å². The average molecular weight is 223 g/mol. The summed E-state index contributed by atoms with van der Waals surface area (Å²) in [6.07, 6.45) is 0. The van der Waals surface area contributed by atoms with Gasteiger partial charge < -0.3 is 0 Å². The number of nitrogens with one attached hydrogen (secondary N) is 1. The van der Waals surface area contributed by atoms with Crippen LogP contribution in [0.3, 0.4) is 0 Å². The molecule has 2 rings (SSSR count). The normalized spacial score (nSPS) is 13.8. The SMILES string of the molecule is CC(=O)N1CN=c2c([nH]c(=O)n(C)c2=O)=N1. The highest BCUT2D eigenvalue weighted by Crippen LogP contribution is 1.89. The van der Waals surface area contributed by atoms with E-state index < -0.39 is 11.2 Å². The molecule has 0 aliphatic carbocycles.